The van der Waals surface area contributed by atoms with E-state index in [9.17, 15) is 7.81 Å². The van der Waals surface area contributed by atoms with E-state index in [1.54, 1.807) is 0 Å². The summed E-state index contributed by atoms with van der Waals surface area (Å²) in [4.78, 5) is 0. The first-order valence-corrected chi connectivity index (χ1v) is 6.94. The van der Waals surface area contributed by atoms with Gasteiger partial charge in [0.05, 0.1) is 0 Å². The molecule has 0 rings (SSSR count). The molecular formula is F7Gd. The fraction of sp³-hybridized carbons (Fsp3) is 0. The van der Waals surface area contributed by atoms with E-state index in [1.165, 1.54) is 0 Å². The summed E-state index contributed by atoms with van der Waals surface area (Å²) in [5.74, 6) is 0. The normalized spacial score (nSPS) is 27.1. The molecule has 0 saturated heterocycles. The molecule has 8 heteroatoms. The first-order valence-electron chi connectivity index (χ1n) is 0.935. The van der Waals surface area contributed by atoms with Gasteiger partial charge in [0.2, 0.25) is 0 Å². The molecule has 0 bridgehead atoms. The zero-order valence-electron chi connectivity index (χ0n) is 3.00. The van der Waals surface area contributed by atoms with Gasteiger partial charge in [-0.25, -0.2) is 0 Å². The Balaban J connectivity index is 5.14. The van der Waals surface area contributed by atoms with E-state index in [0.29, 0.717) is 0 Å². The maximum absolute atomic E-state index is 13.3. The molecule has 0 amide bonds. The third kappa shape index (κ3) is 334. The summed E-state index contributed by atoms with van der Waals surface area (Å²) >= 11 is -13.3. The zero-order valence-corrected chi connectivity index (χ0v) is 5.27. The van der Waals surface area contributed by atoms with Gasteiger partial charge in [0.25, 0.3) is 0 Å². The molecular weight excluding hydrogens is 290 g/mol. The van der Waals surface area contributed by atoms with Crippen LogP contribution >= 0.6 is 0 Å². The number of hydrogen-bond donors (Lipinski definition) is 0. The summed E-state index contributed by atoms with van der Waals surface area (Å²) in [7, 11) is 0. The van der Waals surface area contributed by atoms with Crippen molar-refractivity contribution in [3.63, 3.8) is 0 Å². The summed E-state index contributed by atoms with van der Waals surface area (Å²) in [6.45, 7) is 0. The average Bonchev–Trinajstić information content (AvgIpc) is 0.544. The van der Waals surface area contributed by atoms with Crippen LogP contribution in [0.3, 0.4) is 0 Å². The molecule has 0 aromatic rings. The van der Waals surface area contributed by atoms with Crippen LogP contribution in [-0.2, 0) is 0 Å². The molecule has 0 aliphatic carbocycles. The molecule has 0 aliphatic rings. The summed E-state index contributed by atoms with van der Waals surface area (Å²) in [5.41, 5.74) is 0. The van der Waals surface area contributed by atoms with Gasteiger partial charge in [0.15, 0.2) is 0 Å². The molecule has 0 radical (unpaired) electrons. The SMILES string of the molecule is [F][Gd]([F])([F])([F])([F])([F])[F]. The minimum absolute atomic E-state index is 9.93. The summed E-state index contributed by atoms with van der Waals surface area (Å²) in [6, 6.07) is 0. The van der Waals surface area contributed by atoms with Crippen molar-refractivity contribution in [3.05, 3.63) is 0 Å². The number of rotatable bonds is 0. The third-order valence-electron chi connectivity index (χ3n) is 0. The second-order valence-electron chi connectivity index (χ2n) is 1.06. The van der Waals surface area contributed by atoms with Crippen LogP contribution < -0.4 is 0 Å². The molecule has 0 heterocycles. The first-order chi connectivity index (χ1) is 2.65. The van der Waals surface area contributed by atoms with Gasteiger partial charge >= 0.3 is 39.2 Å². The van der Waals surface area contributed by atoms with Crippen LogP contribution in [0.15, 0.2) is 0 Å². The Morgan fingerprint density at radius 1 is 0.500 bits per heavy atom. The van der Waals surface area contributed by atoms with Gasteiger partial charge in [-0.3, -0.25) is 0 Å². The van der Waals surface area contributed by atoms with Crippen molar-refractivity contribution < 1.29 is 39.2 Å². The molecule has 0 saturated carbocycles. The van der Waals surface area contributed by atoms with E-state index in [1.807, 2.05) is 0 Å². The quantitative estimate of drug-likeness (QED) is 0.602. The Morgan fingerprint density at radius 2 is 0.500 bits per heavy atom. The van der Waals surface area contributed by atoms with Crippen molar-refractivity contribution in [2.75, 3.05) is 0 Å². The van der Waals surface area contributed by atoms with E-state index in [-0.39, 0.29) is 0 Å². The second kappa shape index (κ2) is 0.768. The fourth-order valence-corrected chi connectivity index (χ4v) is 0. The molecule has 0 spiro atoms. The van der Waals surface area contributed by atoms with Crippen LogP contribution in [0.5, 0.6) is 0 Å². The molecule has 0 aromatic heterocycles. The first kappa shape index (κ1) is 8.83. The minimum atomic E-state index is -13.3. The zero-order chi connectivity index (χ0) is 7.38. The van der Waals surface area contributed by atoms with E-state index < -0.39 is 31.4 Å². The van der Waals surface area contributed by atoms with Crippen molar-refractivity contribution >= 4 is 0 Å². The third-order valence-corrected chi connectivity index (χ3v) is 0. The summed E-state index contributed by atoms with van der Waals surface area (Å²) in [5, 5.41) is 0. The van der Waals surface area contributed by atoms with Gasteiger partial charge in [0, 0.05) is 0 Å². The number of halogens is 7. The summed E-state index contributed by atoms with van der Waals surface area (Å²) in [6.07, 6.45) is 0. The fourth-order valence-electron chi connectivity index (χ4n) is 0. The van der Waals surface area contributed by atoms with Crippen LogP contribution in [0.25, 0.3) is 0 Å². The molecule has 0 aromatic carbocycles. The molecule has 57 valence electrons. The number of hydrogen-bond acceptors (Lipinski definition) is 0. The van der Waals surface area contributed by atoms with Crippen LogP contribution in [0.4, 0.5) is 7.81 Å². The van der Waals surface area contributed by atoms with Gasteiger partial charge in [-0.2, -0.15) is 0 Å². The standard InChI is InChI=1S/7FH.Gd/h7*1H;/q;;;;;;;+7/p-7. The van der Waals surface area contributed by atoms with Crippen molar-refractivity contribution in [2.45, 2.75) is 0 Å². The van der Waals surface area contributed by atoms with Crippen molar-refractivity contribution in [1.82, 2.24) is 0 Å². The Labute approximate surface area is 39.0 Å². The van der Waals surface area contributed by atoms with Crippen LogP contribution in [0.2, 0.25) is 0 Å². The topological polar surface area (TPSA) is 0 Å². The molecule has 0 aliphatic heterocycles. The molecule has 0 fully saturated rings. The van der Waals surface area contributed by atoms with E-state index in [4.69, 9.17) is 0 Å². The van der Waals surface area contributed by atoms with Crippen molar-refractivity contribution in [1.29, 1.82) is 0 Å². The van der Waals surface area contributed by atoms with Crippen molar-refractivity contribution in [3.8, 4) is 0 Å². The predicted molar refractivity (Wildman–Crippen MR) is 7.76 cm³/mol. The molecule has 0 nitrogen and oxygen atoms in total. The van der Waals surface area contributed by atoms with E-state index >= 15 is 0 Å². The Morgan fingerprint density at radius 3 is 0.500 bits per heavy atom. The van der Waals surface area contributed by atoms with Gasteiger partial charge in [-0.05, 0) is 0 Å². The van der Waals surface area contributed by atoms with Crippen LogP contribution in [0.1, 0.15) is 0 Å². The molecule has 0 N–H and O–H groups in total. The monoisotopic (exact) mass is 291 g/mol. The van der Waals surface area contributed by atoms with Gasteiger partial charge < -0.3 is 0 Å². The molecule has 0 atom stereocenters. The van der Waals surface area contributed by atoms with E-state index in [0.717, 1.165) is 0 Å². The Kier molecular flexibility index (Phi) is 0.848. The van der Waals surface area contributed by atoms with Gasteiger partial charge in [-0.1, -0.05) is 0 Å². The van der Waals surface area contributed by atoms with Gasteiger partial charge in [0.1, 0.15) is 0 Å². The summed E-state index contributed by atoms with van der Waals surface area (Å²) < 4.78 is 69.5. The molecule has 0 unspecified atom stereocenters. The van der Waals surface area contributed by atoms with Gasteiger partial charge in [-0.15, -0.1) is 0 Å². The molecule has 8 heavy (non-hydrogen) atoms. The average molecular weight is 290 g/mol. The second-order valence-corrected chi connectivity index (χ2v) is 7.87. The predicted octanol–water partition coefficient (Wildman–Crippen LogP) is 2.94. The van der Waals surface area contributed by atoms with Crippen molar-refractivity contribution in [2.24, 2.45) is 0 Å². The Bertz CT molecular complexity index is 96.6. The maximum atomic E-state index is 9.93. The van der Waals surface area contributed by atoms with E-state index in [2.05, 4.69) is 0 Å². The van der Waals surface area contributed by atoms with Crippen LogP contribution in [-0.4, -0.2) is 0 Å². The van der Waals surface area contributed by atoms with Crippen LogP contribution in [0, 0.1) is 31.4 Å². The Hall–Kier alpha value is 0.835.